The zero-order chi connectivity index (χ0) is 25.9. The molecule has 0 saturated heterocycles. The molecule has 2 heterocycles. The molecule has 0 fully saturated rings. The van der Waals surface area contributed by atoms with E-state index in [9.17, 15) is 0 Å². The highest BCUT2D eigenvalue weighted by Crippen LogP contribution is 2.42. The highest BCUT2D eigenvalue weighted by molar-refractivity contribution is 5.94. The molecule has 0 atom stereocenters. The number of aryl methyl sites for hydroxylation is 2. The molecule has 6 rings (SSSR count). The van der Waals surface area contributed by atoms with E-state index in [1.807, 2.05) is 36.7 Å². The first-order chi connectivity index (χ1) is 18.7. The van der Waals surface area contributed by atoms with Crippen molar-refractivity contribution < 1.29 is 0 Å². The van der Waals surface area contributed by atoms with Crippen molar-refractivity contribution in [2.75, 3.05) is 0 Å². The van der Waals surface area contributed by atoms with Crippen LogP contribution in [0.15, 0.2) is 134 Å². The maximum absolute atomic E-state index is 4.77. The predicted octanol–water partition coefficient (Wildman–Crippen LogP) is 9.43. The molecule has 2 heteroatoms. The van der Waals surface area contributed by atoms with Gasteiger partial charge in [-0.3, -0.25) is 9.97 Å². The molecule has 0 unspecified atom stereocenters. The van der Waals surface area contributed by atoms with Crippen LogP contribution in [0.3, 0.4) is 0 Å². The van der Waals surface area contributed by atoms with Gasteiger partial charge in [-0.05, 0) is 101 Å². The lowest BCUT2D eigenvalue weighted by Gasteiger charge is -2.18. The largest absolute Gasteiger partial charge is 0.256 e. The fourth-order valence-electron chi connectivity index (χ4n) is 5.28. The first kappa shape index (κ1) is 23.6. The van der Waals surface area contributed by atoms with Gasteiger partial charge in [-0.15, -0.1) is 0 Å². The second-order valence-corrected chi connectivity index (χ2v) is 9.59. The molecular formula is C36H28N2. The summed E-state index contributed by atoms with van der Waals surface area (Å²) in [4.78, 5) is 9.51. The number of rotatable bonds is 5. The van der Waals surface area contributed by atoms with Gasteiger partial charge in [0.05, 0.1) is 11.4 Å². The minimum atomic E-state index is 0.949. The quantitative estimate of drug-likeness (QED) is 0.241. The summed E-state index contributed by atoms with van der Waals surface area (Å²) in [5.74, 6) is 0. The van der Waals surface area contributed by atoms with Gasteiger partial charge in [0.1, 0.15) is 0 Å². The second-order valence-electron chi connectivity index (χ2n) is 9.59. The van der Waals surface area contributed by atoms with Crippen LogP contribution in [0.2, 0.25) is 0 Å². The Balaban J connectivity index is 1.64. The van der Waals surface area contributed by atoms with Gasteiger partial charge >= 0.3 is 0 Å². The van der Waals surface area contributed by atoms with Crippen LogP contribution >= 0.6 is 0 Å². The van der Waals surface area contributed by atoms with E-state index < -0.39 is 0 Å². The Hall–Kier alpha value is -4.82. The summed E-state index contributed by atoms with van der Waals surface area (Å²) in [5.41, 5.74) is 13.8. The molecule has 0 bridgehead atoms. The van der Waals surface area contributed by atoms with Crippen molar-refractivity contribution in [1.82, 2.24) is 9.97 Å². The topological polar surface area (TPSA) is 25.8 Å². The summed E-state index contributed by atoms with van der Waals surface area (Å²) in [6.07, 6.45) is 3.72. The average Bonchev–Trinajstić information content (AvgIpc) is 2.98. The Morgan fingerprint density at radius 2 is 0.895 bits per heavy atom. The zero-order valence-electron chi connectivity index (χ0n) is 21.6. The molecule has 0 aliphatic rings. The molecule has 0 aliphatic heterocycles. The molecule has 0 amide bonds. The smallest absolute Gasteiger partial charge is 0.0708 e. The second kappa shape index (κ2) is 10.3. The van der Waals surface area contributed by atoms with Gasteiger partial charge in [-0.25, -0.2) is 0 Å². The predicted molar refractivity (Wildman–Crippen MR) is 159 cm³/mol. The Kier molecular flexibility index (Phi) is 6.37. The lowest BCUT2D eigenvalue weighted by molar-refractivity contribution is 1.31. The van der Waals surface area contributed by atoms with E-state index in [-0.39, 0.29) is 0 Å². The molecular weight excluding hydrogens is 460 g/mol. The SMILES string of the molecule is Cc1cccc(C)c1-c1cccc(-c2cc(-c3ccccn3)c(-c3ccccc3)cc2-c2ccccn2)c1. The normalized spacial score (nSPS) is 10.9. The van der Waals surface area contributed by atoms with Gasteiger partial charge in [0, 0.05) is 23.5 Å². The van der Waals surface area contributed by atoms with E-state index in [1.54, 1.807) is 0 Å². The van der Waals surface area contributed by atoms with E-state index in [2.05, 4.69) is 111 Å². The Morgan fingerprint density at radius 3 is 1.47 bits per heavy atom. The van der Waals surface area contributed by atoms with E-state index >= 15 is 0 Å². The van der Waals surface area contributed by atoms with E-state index in [1.165, 1.54) is 22.3 Å². The first-order valence-corrected chi connectivity index (χ1v) is 12.9. The number of hydrogen-bond donors (Lipinski definition) is 0. The van der Waals surface area contributed by atoms with Crippen molar-refractivity contribution in [3.05, 3.63) is 145 Å². The fraction of sp³-hybridized carbons (Fsp3) is 0.0556. The van der Waals surface area contributed by atoms with Crippen LogP contribution in [0.4, 0.5) is 0 Å². The maximum Gasteiger partial charge on any atom is 0.0708 e. The van der Waals surface area contributed by atoms with Crippen LogP contribution in [0.25, 0.3) is 55.9 Å². The molecule has 6 aromatic rings. The van der Waals surface area contributed by atoms with Gasteiger partial charge in [0.25, 0.3) is 0 Å². The van der Waals surface area contributed by atoms with Crippen LogP contribution in [-0.2, 0) is 0 Å². The van der Waals surface area contributed by atoms with Crippen molar-refractivity contribution in [1.29, 1.82) is 0 Å². The van der Waals surface area contributed by atoms with Gasteiger partial charge < -0.3 is 0 Å². The monoisotopic (exact) mass is 488 g/mol. The molecule has 0 spiro atoms. The molecule has 38 heavy (non-hydrogen) atoms. The van der Waals surface area contributed by atoms with Crippen LogP contribution in [0.5, 0.6) is 0 Å². The van der Waals surface area contributed by atoms with Gasteiger partial charge in [-0.2, -0.15) is 0 Å². The zero-order valence-corrected chi connectivity index (χ0v) is 21.6. The fourth-order valence-corrected chi connectivity index (χ4v) is 5.28. The van der Waals surface area contributed by atoms with Crippen LogP contribution in [-0.4, -0.2) is 9.97 Å². The minimum absolute atomic E-state index is 0.949. The number of aromatic nitrogens is 2. The summed E-state index contributed by atoms with van der Waals surface area (Å²) >= 11 is 0. The Labute approximate surface area is 224 Å². The molecule has 0 aliphatic carbocycles. The molecule has 2 aromatic heterocycles. The van der Waals surface area contributed by atoms with Crippen LogP contribution < -0.4 is 0 Å². The van der Waals surface area contributed by atoms with Crippen molar-refractivity contribution >= 4 is 0 Å². The minimum Gasteiger partial charge on any atom is -0.256 e. The maximum atomic E-state index is 4.77. The number of pyridine rings is 2. The van der Waals surface area contributed by atoms with E-state index in [4.69, 9.17) is 9.97 Å². The Bertz CT molecular complexity index is 1690. The van der Waals surface area contributed by atoms with Crippen molar-refractivity contribution in [3.8, 4) is 55.9 Å². The van der Waals surface area contributed by atoms with E-state index in [0.717, 1.165) is 44.8 Å². The van der Waals surface area contributed by atoms with Crippen molar-refractivity contribution in [3.63, 3.8) is 0 Å². The molecule has 0 radical (unpaired) electrons. The summed E-state index contributed by atoms with van der Waals surface area (Å²) in [5, 5.41) is 0. The highest BCUT2D eigenvalue weighted by atomic mass is 14.7. The average molecular weight is 489 g/mol. The third-order valence-corrected chi connectivity index (χ3v) is 7.07. The summed E-state index contributed by atoms with van der Waals surface area (Å²) in [6.45, 7) is 4.37. The lowest BCUT2D eigenvalue weighted by Crippen LogP contribution is -1.95. The Morgan fingerprint density at radius 1 is 0.395 bits per heavy atom. The summed E-state index contributed by atoms with van der Waals surface area (Å²) in [6, 6.07) is 42.7. The van der Waals surface area contributed by atoms with E-state index in [0.29, 0.717) is 0 Å². The molecule has 182 valence electrons. The van der Waals surface area contributed by atoms with Gasteiger partial charge in [0.15, 0.2) is 0 Å². The molecule has 2 nitrogen and oxygen atoms in total. The third kappa shape index (κ3) is 4.53. The van der Waals surface area contributed by atoms with Crippen molar-refractivity contribution in [2.45, 2.75) is 13.8 Å². The molecule has 0 saturated carbocycles. The van der Waals surface area contributed by atoms with Crippen molar-refractivity contribution in [2.24, 2.45) is 0 Å². The standard InChI is InChI=1S/C36H28N2/c1-25-12-10-13-26(2)36(25)29-17-11-16-28(22-29)31-24-32(34-18-6-8-20-37-34)30(27-14-4-3-5-15-27)23-33(31)35-19-7-9-21-38-35/h3-24H,1-2H3. The summed E-state index contributed by atoms with van der Waals surface area (Å²) < 4.78 is 0. The number of nitrogens with zero attached hydrogens (tertiary/aromatic N) is 2. The lowest BCUT2D eigenvalue weighted by atomic mass is 9.86. The third-order valence-electron chi connectivity index (χ3n) is 7.07. The van der Waals surface area contributed by atoms with Crippen LogP contribution in [0.1, 0.15) is 11.1 Å². The van der Waals surface area contributed by atoms with Gasteiger partial charge in [0.2, 0.25) is 0 Å². The summed E-state index contributed by atoms with van der Waals surface area (Å²) in [7, 11) is 0. The number of benzene rings is 4. The van der Waals surface area contributed by atoms with Crippen LogP contribution in [0, 0.1) is 13.8 Å². The first-order valence-electron chi connectivity index (χ1n) is 12.9. The molecule has 4 aromatic carbocycles. The number of hydrogen-bond acceptors (Lipinski definition) is 2. The van der Waals surface area contributed by atoms with Gasteiger partial charge in [-0.1, -0.05) is 78.9 Å². The molecule has 0 N–H and O–H groups in total. The highest BCUT2D eigenvalue weighted by Gasteiger charge is 2.18.